The van der Waals surface area contributed by atoms with Crippen LogP contribution < -0.4 is 20.5 Å². The predicted molar refractivity (Wildman–Crippen MR) is 78.0 cm³/mol. The Morgan fingerprint density at radius 2 is 2.00 bits per heavy atom. The minimum Gasteiger partial charge on any atom is -0.497 e. The standard InChI is InChI=1S/C15H24N2O2/c1-18-12-7-8-14(15(9-12)19-2)17-13-6-4-3-5-11(13)10-16/h7-9,11,13,17H,3-6,10,16H2,1-2H3. The average molecular weight is 264 g/mol. The van der Waals surface area contributed by atoms with Crippen molar-refractivity contribution in [3.8, 4) is 11.5 Å². The number of hydrogen-bond acceptors (Lipinski definition) is 4. The van der Waals surface area contributed by atoms with Gasteiger partial charge >= 0.3 is 0 Å². The Morgan fingerprint density at radius 1 is 1.21 bits per heavy atom. The van der Waals surface area contributed by atoms with Crippen LogP contribution in [0.2, 0.25) is 0 Å². The van der Waals surface area contributed by atoms with Gasteiger partial charge in [-0.2, -0.15) is 0 Å². The average Bonchev–Trinajstić information content (AvgIpc) is 2.48. The summed E-state index contributed by atoms with van der Waals surface area (Å²) in [6.07, 6.45) is 4.95. The zero-order valence-corrected chi connectivity index (χ0v) is 11.8. The molecule has 0 radical (unpaired) electrons. The first kappa shape index (κ1) is 14.0. The van der Waals surface area contributed by atoms with E-state index in [2.05, 4.69) is 5.32 Å². The van der Waals surface area contributed by atoms with Crippen LogP contribution in [-0.2, 0) is 0 Å². The molecule has 0 bridgehead atoms. The summed E-state index contributed by atoms with van der Waals surface area (Å²) < 4.78 is 10.6. The maximum atomic E-state index is 5.87. The Hall–Kier alpha value is -1.42. The molecule has 0 heterocycles. The lowest BCUT2D eigenvalue weighted by Crippen LogP contribution is -2.36. The quantitative estimate of drug-likeness (QED) is 0.858. The summed E-state index contributed by atoms with van der Waals surface area (Å²) in [6, 6.07) is 6.31. The van der Waals surface area contributed by atoms with E-state index < -0.39 is 0 Å². The summed E-state index contributed by atoms with van der Waals surface area (Å²) in [6.45, 7) is 0.746. The Balaban J connectivity index is 2.12. The second-order valence-corrected chi connectivity index (χ2v) is 5.10. The van der Waals surface area contributed by atoms with Crippen LogP contribution in [0.3, 0.4) is 0 Å². The maximum absolute atomic E-state index is 5.87. The first-order chi connectivity index (χ1) is 9.28. The van der Waals surface area contributed by atoms with Gasteiger partial charge in [-0.05, 0) is 37.4 Å². The zero-order chi connectivity index (χ0) is 13.7. The van der Waals surface area contributed by atoms with Crippen molar-refractivity contribution in [1.29, 1.82) is 0 Å². The molecule has 19 heavy (non-hydrogen) atoms. The van der Waals surface area contributed by atoms with Crippen molar-refractivity contribution in [3.63, 3.8) is 0 Å². The van der Waals surface area contributed by atoms with Crippen LogP contribution in [0.1, 0.15) is 25.7 Å². The summed E-state index contributed by atoms with van der Waals surface area (Å²) in [5.74, 6) is 2.18. The second-order valence-electron chi connectivity index (χ2n) is 5.10. The molecule has 106 valence electrons. The largest absolute Gasteiger partial charge is 0.497 e. The van der Waals surface area contributed by atoms with Crippen LogP contribution in [0.5, 0.6) is 11.5 Å². The number of anilines is 1. The number of hydrogen-bond donors (Lipinski definition) is 2. The highest BCUT2D eigenvalue weighted by molar-refractivity contribution is 5.59. The minimum atomic E-state index is 0.445. The third-order valence-electron chi connectivity index (χ3n) is 3.96. The van der Waals surface area contributed by atoms with Crippen LogP contribution in [0, 0.1) is 5.92 Å². The van der Waals surface area contributed by atoms with Gasteiger partial charge in [0.05, 0.1) is 19.9 Å². The van der Waals surface area contributed by atoms with Crippen LogP contribution >= 0.6 is 0 Å². The monoisotopic (exact) mass is 264 g/mol. The van der Waals surface area contributed by atoms with Crippen molar-refractivity contribution in [2.24, 2.45) is 11.7 Å². The van der Waals surface area contributed by atoms with E-state index in [1.54, 1.807) is 14.2 Å². The third-order valence-corrected chi connectivity index (χ3v) is 3.96. The minimum absolute atomic E-state index is 0.445. The lowest BCUT2D eigenvalue weighted by Gasteiger charge is -2.32. The summed E-state index contributed by atoms with van der Waals surface area (Å²) in [4.78, 5) is 0. The van der Waals surface area contributed by atoms with E-state index in [9.17, 15) is 0 Å². The number of ether oxygens (including phenoxy) is 2. The Bertz CT molecular complexity index is 409. The van der Waals surface area contributed by atoms with Crippen molar-refractivity contribution in [2.45, 2.75) is 31.7 Å². The second kappa shape index (κ2) is 6.66. The molecule has 2 unspecified atom stereocenters. The van der Waals surface area contributed by atoms with Gasteiger partial charge in [0.2, 0.25) is 0 Å². The van der Waals surface area contributed by atoms with Gasteiger partial charge in [-0.15, -0.1) is 0 Å². The normalized spacial score (nSPS) is 22.9. The van der Waals surface area contributed by atoms with Crippen LogP contribution in [0.25, 0.3) is 0 Å². The summed E-state index contributed by atoms with van der Waals surface area (Å²) in [5, 5.41) is 3.59. The summed E-state index contributed by atoms with van der Waals surface area (Å²) >= 11 is 0. The fourth-order valence-electron chi connectivity index (χ4n) is 2.80. The maximum Gasteiger partial charge on any atom is 0.145 e. The molecule has 1 fully saturated rings. The van der Waals surface area contributed by atoms with E-state index in [1.807, 2.05) is 18.2 Å². The van der Waals surface area contributed by atoms with Gasteiger partial charge in [0.15, 0.2) is 0 Å². The smallest absolute Gasteiger partial charge is 0.145 e. The predicted octanol–water partition coefficient (Wildman–Crippen LogP) is 2.63. The zero-order valence-electron chi connectivity index (χ0n) is 11.8. The van der Waals surface area contributed by atoms with Crippen molar-refractivity contribution in [3.05, 3.63) is 18.2 Å². The first-order valence-electron chi connectivity index (χ1n) is 6.97. The molecule has 4 heteroatoms. The molecular weight excluding hydrogens is 240 g/mol. The van der Waals surface area contributed by atoms with Gasteiger partial charge in [-0.3, -0.25) is 0 Å². The topological polar surface area (TPSA) is 56.5 Å². The fraction of sp³-hybridized carbons (Fsp3) is 0.600. The van der Waals surface area contributed by atoms with Gasteiger partial charge in [0, 0.05) is 12.1 Å². The van der Waals surface area contributed by atoms with Crippen LogP contribution in [0.15, 0.2) is 18.2 Å². The highest BCUT2D eigenvalue weighted by Crippen LogP contribution is 2.33. The molecular formula is C15H24N2O2. The Labute approximate surface area is 115 Å². The van der Waals surface area contributed by atoms with Gasteiger partial charge < -0.3 is 20.5 Å². The van der Waals surface area contributed by atoms with E-state index in [0.717, 1.165) is 23.7 Å². The molecule has 1 saturated carbocycles. The van der Waals surface area contributed by atoms with Gasteiger partial charge in [0.25, 0.3) is 0 Å². The van der Waals surface area contributed by atoms with Gasteiger partial charge in [0.1, 0.15) is 11.5 Å². The Kier molecular flexibility index (Phi) is 4.91. The molecule has 3 N–H and O–H groups in total. The third kappa shape index (κ3) is 3.32. The van der Waals surface area contributed by atoms with Crippen LogP contribution in [0.4, 0.5) is 5.69 Å². The van der Waals surface area contributed by atoms with E-state index >= 15 is 0 Å². The number of benzene rings is 1. The van der Waals surface area contributed by atoms with E-state index in [4.69, 9.17) is 15.2 Å². The lowest BCUT2D eigenvalue weighted by molar-refractivity contribution is 0.331. The summed E-state index contributed by atoms with van der Waals surface area (Å²) in [5.41, 5.74) is 6.89. The molecule has 0 spiro atoms. The van der Waals surface area contributed by atoms with Gasteiger partial charge in [-0.1, -0.05) is 12.8 Å². The van der Waals surface area contributed by atoms with Gasteiger partial charge in [-0.25, -0.2) is 0 Å². The number of methoxy groups -OCH3 is 2. The van der Waals surface area contributed by atoms with Crippen molar-refractivity contribution in [2.75, 3.05) is 26.1 Å². The van der Waals surface area contributed by atoms with Crippen molar-refractivity contribution >= 4 is 5.69 Å². The van der Waals surface area contributed by atoms with Crippen molar-refractivity contribution < 1.29 is 9.47 Å². The molecule has 1 aliphatic carbocycles. The van der Waals surface area contributed by atoms with E-state index in [1.165, 1.54) is 25.7 Å². The lowest BCUT2D eigenvalue weighted by atomic mass is 9.84. The molecule has 0 aromatic heterocycles. The molecule has 0 amide bonds. The number of nitrogens with two attached hydrogens (primary N) is 1. The molecule has 1 aromatic carbocycles. The first-order valence-corrected chi connectivity index (χ1v) is 6.97. The van der Waals surface area contributed by atoms with E-state index in [0.29, 0.717) is 12.0 Å². The van der Waals surface area contributed by atoms with Crippen LogP contribution in [-0.4, -0.2) is 26.8 Å². The molecule has 2 atom stereocenters. The number of rotatable bonds is 5. The fourth-order valence-corrected chi connectivity index (χ4v) is 2.80. The molecule has 1 aromatic rings. The highest BCUT2D eigenvalue weighted by atomic mass is 16.5. The SMILES string of the molecule is COc1ccc(NC2CCCCC2CN)c(OC)c1. The summed E-state index contributed by atoms with van der Waals surface area (Å²) in [7, 11) is 3.34. The highest BCUT2D eigenvalue weighted by Gasteiger charge is 2.24. The van der Waals surface area contributed by atoms with Crippen molar-refractivity contribution in [1.82, 2.24) is 0 Å². The van der Waals surface area contributed by atoms with E-state index in [-0.39, 0.29) is 0 Å². The molecule has 4 nitrogen and oxygen atoms in total. The molecule has 0 aliphatic heterocycles. The molecule has 1 aliphatic rings. The molecule has 0 saturated heterocycles. The number of nitrogens with one attached hydrogen (secondary N) is 1. The Morgan fingerprint density at radius 3 is 2.68 bits per heavy atom. The molecule has 2 rings (SSSR count).